The molecule has 0 bridgehead atoms. The molecule has 52 valence electrons. The van der Waals surface area contributed by atoms with Crippen molar-refractivity contribution in [3.8, 4) is 0 Å². The van der Waals surface area contributed by atoms with Crippen LogP contribution in [0.4, 0.5) is 0 Å². The highest BCUT2D eigenvalue weighted by Gasteiger charge is 2.21. The summed E-state index contributed by atoms with van der Waals surface area (Å²) < 4.78 is 5.12. The number of rotatable bonds is 2. The van der Waals surface area contributed by atoms with Gasteiger partial charge in [0.15, 0.2) is 0 Å². The van der Waals surface area contributed by atoms with Crippen LogP contribution >= 0.6 is 0 Å². The molecule has 1 aliphatic rings. The highest BCUT2D eigenvalue weighted by molar-refractivity contribution is 5.53. The maximum absolute atomic E-state index is 10.2. The molecule has 0 aromatic rings. The van der Waals surface area contributed by atoms with Gasteiger partial charge < -0.3 is 9.53 Å². The van der Waals surface area contributed by atoms with Gasteiger partial charge in [0.25, 0.3) is 0 Å². The van der Waals surface area contributed by atoms with Crippen LogP contribution in [-0.4, -0.2) is 19.5 Å². The van der Waals surface area contributed by atoms with E-state index in [9.17, 15) is 4.79 Å². The SMILES string of the molecule is CC(C=O)C1CCOC1. The fourth-order valence-electron chi connectivity index (χ4n) is 1.08. The second-order valence-electron chi connectivity index (χ2n) is 2.62. The van der Waals surface area contributed by atoms with Crippen LogP contribution in [0.15, 0.2) is 0 Å². The van der Waals surface area contributed by atoms with Crippen LogP contribution < -0.4 is 0 Å². The van der Waals surface area contributed by atoms with Crippen molar-refractivity contribution >= 4 is 6.29 Å². The molecule has 1 aliphatic heterocycles. The first kappa shape index (κ1) is 6.75. The lowest BCUT2D eigenvalue weighted by molar-refractivity contribution is -0.112. The van der Waals surface area contributed by atoms with E-state index in [1.807, 2.05) is 6.92 Å². The topological polar surface area (TPSA) is 26.3 Å². The average Bonchev–Trinajstić information content (AvgIpc) is 2.37. The Kier molecular flexibility index (Phi) is 2.22. The normalized spacial score (nSPS) is 30.1. The summed E-state index contributed by atoms with van der Waals surface area (Å²) in [5.74, 6) is 0.676. The van der Waals surface area contributed by atoms with Crippen molar-refractivity contribution in [1.29, 1.82) is 0 Å². The van der Waals surface area contributed by atoms with E-state index in [0.29, 0.717) is 5.92 Å². The molecule has 9 heavy (non-hydrogen) atoms. The van der Waals surface area contributed by atoms with Gasteiger partial charge in [-0.25, -0.2) is 0 Å². The molecule has 0 aromatic carbocycles. The largest absolute Gasteiger partial charge is 0.381 e. The Labute approximate surface area is 55.2 Å². The van der Waals surface area contributed by atoms with Crippen molar-refractivity contribution in [3.05, 3.63) is 0 Å². The first-order valence-electron chi connectivity index (χ1n) is 3.37. The lowest BCUT2D eigenvalue weighted by Gasteiger charge is -2.08. The van der Waals surface area contributed by atoms with Gasteiger partial charge >= 0.3 is 0 Å². The fraction of sp³-hybridized carbons (Fsp3) is 0.857. The number of carbonyl (C=O) groups excluding carboxylic acids is 1. The lowest BCUT2D eigenvalue weighted by atomic mass is 9.95. The summed E-state index contributed by atoms with van der Waals surface area (Å²) in [6.45, 7) is 3.56. The van der Waals surface area contributed by atoms with Crippen LogP contribution in [0.25, 0.3) is 0 Å². The highest BCUT2D eigenvalue weighted by atomic mass is 16.5. The molecule has 1 rings (SSSR count). The molecule has 0 N–H and O–H groups in total. The zero-order valence-electron chi connectivity index (χ0n) is 5.67. The van der Waals surface area contributed by atoms with Crippen LogP contribution in [0, 0.1) is 11.8 Å². The Bertz CT molecular complexity index is 95.1. The van der Waals surface area contributed by atoms with Crippen LogP contribution in [0.3, 0.4) is 0 Å². The number of hydrogen-bond acceptors (Lipinski definition) is 2. The summed E-state index contributed by atoms with van der Waals surface area (Å²) >= 11 is 0. The van der Waals surface area contributed by atoms with Crippen LogP contribution in [0.2, 0.25) is 0 Å². The molecule has 2 heteroatoms. The molecular weight excluding hydrogens is 116 g/mol. The van der Waals surface area contributed by atoms with Crippen molar-refractivity contribution in [2.75, 3.05) is 13.2 Å². The standard InChI is InChI=1S/C7H12O2/c1-6(4-8)7-2-3-9-5-7/h4,6-7H,2-3,5H2,1H3. The third-order valence-electron chi connectivity index (χ3n) is 1.92. The van der Waals surface area contributed by atoms with Gasteiger partial charge in [0.1, 0.15) is 6.29 Å². The van der Waals surface area contributed by atoms with Gasteiger partial charge in [-0.05, 0) is 12.3 Å². The average molecular weight is 128 g/mol. The molecule has 0 radical (unpaired) electrons. The van der Waals surface area contributed by atoms with Gasteiger partial charge in [-0.3, -0.25) is 0 Å². The van der Waals surface area contributed by atoms with Crippen molar-refractivity contribution in [2.45, 2.75) is 13.3 Å². The predicted octanol–water partition coefficient (Wildman–Crippen LogP) is 0.858. The molecule has 1 fully saturated rings. The first-order chi connectivity index (χ1) is 4.34. The Hall–Kier alpha value is -0.370. The predicted molar refractivity (Wildman–Crippen MR) is 34.2 cm³/mol. The lowest BCUT2D eigenvalue weighted by Crippen LogP contribution is -2.12. The van der Waals surface area contributed by atoms with E-state index >= 15 is 0 Å². The van der Waals surface area contributed by atoms with Gasteiger partial charge in [0.2, 0.25) is 0 Å². The monoisotopic (exact) mass is 128 g/mol. The van der Waals surface area contributed by atoms with E-state index < -0.39 is 0 Å². The van der Waals surface area contributed by atoms with Crippen molar-refractivity contribution in [3.63, 3.8) is 0 Å². The number of ether oxygens (including phenoxy) is 1. The van der Waals surface area contributed by atoms with Gasteiger partial charge in [0, 0.05) is 12.5 Å². The summed E-state index contributed by atoms with van der Waals surface area (Å²) in [5, 5.41) is 0. The number of carbonyl (C=O) groups is 1. The Balaban J connectivity index is 2.32. The summed E-state index contributed by atoms with van der Waals surface area (Å²) in [4.78, 5) is 10.2. The molecule has 2 atom stereocenters. The number of aldehydes is 1. The molecular formula is C7H12O2. The third-order valence-corrected chi connectivity index (χ3v) is 1.92. The molecule has 1 heterocycles. The maximum atomic E-state index is 10.2. The molecule has 2 unspecified atom stereocenters. The van der Waals surface area contributed by atoms with Crippen molar-refractivity contribution in [1.82, 2.24) is 0 Å². The Morgan fingerprint density at radius 3 is 3.00 bits per heavy atom. The fourth-order valence-corrected chi connectivity index (χ4v) is 1.08. The minimum Gasteiger partial charge on any atom is -0.381 e. The zero-order valence-corrected chi connectivity index (χ0v) is 5.67. The van der Waals surface area contributed by atoms with Gasteiger partial charge in [-0.15, -0.1) is 0 Å². The summed E-state index contributed by atoms with van der Waals surface area (Å²) in [6, 6.07) is 0. The van der Waals surface area contributed by atoms with E-state index in [1.54, 1.807) is 0 Å². The Morgan fingerprint density at radius 2 is 2.56 bits per heavy atom. The number of hydrogen-bond donors (Lipinski definition) is 0. The summed E-state index contributed by atoms with van der Waals surface area (Å²) in [7, 11) is 0. The minimum absolute atomic E-state index is 0.187. The van der Waals surface area contributed by atoms with E-state index in [2.05, 4.69) is 0 Å². The first-order valence-corrected chi connectivity index (χ1v) is 3.37. The van der Waals surface area contributed by atoms with Crippen LogP contribution in [0.1, 0.15) is 13.3 Å². The molecule has 0 aliphatic carbocycles. The second kappa shape index (κ2) is 2.97. The van der Waals surface area contributed by atoms with E-state index in [1.165, 1.54) is 0 Å². The quantitative estimate of drug-likeness (QED) is 0.515. The third kappa shape index (κ3) is 1.52. The van der Waals surface area contributed by atoms with E-state index in [-0.39, 0.29) is 5.92 Å². The smallest absolute Gasteiger partial charge is 0.123 e. The minimum atomic E-state index is 0.187. The molecule has 0 amide bonds. The van der Waals surface area contributed by atoms with Gasteiger partial charge in [-0.1, -0.05) is 6.92 Å². The van der Waals surface area contributed by atoms with Gasteiger partial charge in [0.05, 0.1) is 6.61 Å². The van der Waals surface area contributed by atoms with Crippen molar-refractivity contribution in [2.24, 2.45) is 11.8 Å². The molecule has 0 saturated carbocycles. The van der Waals surface area contributed by atoms with Gasteiger partial charge in [-0.2, -0.15) is 0 Å². The van der Waals surface area contributed by atoms with E-state index in [4.69, 9.17) is 4.74 Å². The molecule has 2 nitrogen and oxygen atoms in total. The van der Waals surface area contributed by atoms with Crippen LogP contribution in [0.5, 0.6) is 0 Å². The van der Waals surface area contributed by atoms with Crippen molar-refractivity contribution < 1.29 is 9.53 Å². The van der Waals surface area contributed by atoms with E-state index in [0.717, 1.165) is 25.9 Å². The second-order valence-corrected chi connectivity index (χ2v) is 2.62. The van der Waals surface area contributed by atoms with Crippen LogP contribution in [-0.2, 0) is 9.53 Å². The summed E-state index contributed by atoms with van der Waals surface area (Å²) in [5.41, 5.74) is 0. The zero-order chi connectivity index (χ0) is 6.69. The molecule has 0 aromatic heterocycles. The maximum Gasteiger partial charge on any atom is 0.123 e. The molecule has 1 saturated heterocycles. The molecule has 0 spiro atoms. The highest BCUT2D eigenvalue weighted by Crippen LogP contribution is 2.19. The summed E-state index contributed by atoms with van der Waals surface area (Å²) in [6.07, 6.45) is 2.07. The Morgan fingerprint density at radius 1 is 1.78 bits per heavy atom.